The Bertz CT molecular complexity index is 1040. The number of benzene rings is 2. The van der Waals surface area contributed by atoms with Crippen LogP contribution in [0.2, 0.25) is 0 Å². The molecule has 2 N–H and O–H groups in total. The van der Waals surface area contributed by atoms with Crippen molar-refractivity contribution in [3.63, 3.8) is 0 Å². The number of nitrogens with zero attached hydrogens (tertiary/aromatic N) is 4. The van der Waals surface area contributed by atoms with Crippen molar-refractivity contribution in [2.24, 2.45) is 0 Å². The number of aromatic amines is 2. The van der Waals surface area contributed by atoms with E-state index in [0.29, 0.717) is 0 Å². The minimum atomic E-state index is 0.939. The fourth-order valence-corrected chi connectivity index (χ4v) is 4.15. The maximum Gasteiger partial charge on any atom is 0.136 e. The zero-order valence-corrected chi connectivity index (χ0v) is 15.4. The monoisotopic (exact) mass is 360 g/mol. The van der Waals surface area contributed by atoms with Crippen molar-refractivity contribution in [3.8, 4) is 0 Å². The molecule has 0 unspecified atom stereocenters. The van der Waals surface area contributed by atoms with Crippen LogP contribution in [-0.2, 0) is 6.42 Å². The van der Waals surface area contributed by atoms with Crippen molar-refractivity contribution in [2.75, 3.05) is 37.6 Å². The number of piperazine rings is 1. The average Bonchev–Trinajstić information content (AvgIpc) is 3.36. The fraction of sp³-hybridized carbons (Fsp3) is 0.333. The molecule has 1 aliphatic heterocycles. The molecular weight excluding hydrogens is 336 g/mol. The molecule has 138 valence electrons. The third-order valence-electron chi connectivity index (χ3n) is 5.63. The van der Waals surface area contributed by atoms with Gasteiger partial charge in [0.2, 0.25) is 0 Å². The molecule has 2 aromatic carbocycles. The number of nitrogens with one attached hydrogen (secondary N) is 2. The predicted octanol–water partition coefficient (Wildman–Crippen LogP) is 3.19. The van der Waals surface area contributed by atoms with E-state index in [1.807, 2.05) is 6.07 Å². The summed E-state index contributed by atoms with van der Waals surface area (Å²) < 4.78 is 0. The number of rotatable bonds is 5. The van der Waals surface area contributed by atoms with Crippen LogP contribution in [-0.4, -0.2) is 58.0 Å². The van der Waals surface area contributed by atoms with E-state index in [9.17, 15) is 0 Å². The second-order valence-electron chi connectivity index (χ2n) is 7.26. The van der Waals surface area contributed by atoms with Gasteiger partial charge in [-0.1, -0.05) is 24.3 Å². The predicted molar refractivity (Wildman–Crippen MR) is 109 cm³/mol. The molecule has 27 heavy (non-hydrogen) atoms. The van der Waals surface area contributed by atoms with Crippen molar-refractivity contribution in [3.05, 3.63) is 54.2 Å². The van der Waals surface area contributed by atoms with Gasteiger partial charge in [-0.05, 0) is 43.1 Å². The van der Waals surface area contributed by atoms with E-state index < -0.39 is 0 Å². The van der Waals surface area contributed by atoms with Gasteiger partial charge in [0, 0.05) is 43.3 Å². The van der Waals surface area contributed by atoms with Crippen LogP contribution in [0, 0.1) is 0 Å². The summed E-state index contributed by atoms with van der Waals surface area (Å²) in [6.07, 6.45) is 4.49. The van der Waals surface area contributed by atoms with E-state index in [1.165, 1.54) is 28.6 Å². The van der Waals surface area contributed by atoms with Crippen LogP contribution < -0.4 is 4.90 Å². The molecule has 1 aliphatic rings. The molecule has 3 heterocycles. The molecule has 0 saturated carbocycles. The van der Waals surface area contributed by atoms with Gasteiger partial charge in [-0.15, -0.1) is 0 Å². The minimum Gasteiger partial charge on any atom is -0.367 e. The van der Waals surface area contributed by atoms with E-state index >= 15 is 0 Å². The standard InChI is InChI=1S/C21H24N6/c1-2-7-18-17(6-1)16(15-22-18)5-4-10-26-11-13-27(14-12-26)20-9-3-8-19-21(20)24-25-23-19/h1-3,6-9,15,22H,4-5,10-14H2,(H,23,24,25). The lowest BCUT2D eigenvalue weighted by Gasteiger charge is -2.36. The first kappa shape index (κ1) is 16.3. The van der Waals surface area contributed by atoms with Crippen molar-refractivity contribution >= 4 is 27.6 Å². The summed E-state index contributed by atoms with van der Waals surface area (Å²) in [4.78, 5) is 8.39. The number of aryl methyl sites for hydroxylation is 1. The number of H-pyrrole nitrogens is 2. The van der Waals surface area contributed by atoms with E-state index in [1.54, 1.807) is 0 Å². The molecule has 0 radical (unpaired) electrons. The SMILES string of the molecule is c1cc(N2CCN(CCCc3c[nH]c4ccccc34)CC2)c2n[nH]nc2c1. The molecule has 4 aromatic rings. The Morgan fingerprint density at radius 2 is 1.81 bits per heavy atom. The lowest BCUT2D eigenvalue weighted by atomic mass is 10.1. The van der Waals surface area contributed by atoms with Gasteiger partial charge in [-0.3, -0.25) is 4.90 Å². The van der Waals surface area contributed by atoms with Crippen LogP contribution in [0.15, 0.2) is 48.7 Å². The van der Waals surface area contributed by atoms with Gasteiger partial charge in [0.05, 0.1) is 5.69 Å². The highest BCUT2D eigenvalue weighted by atomic mass is 15.3. The topological polar surface area (TPSA) is 63.8 Å². The van der Waals surface area contributed by atoms with Gasteiger partial charge in [-0.2, -0.15) is 15.4 Å². The van der Waals surface area contributed by atoms with Gasteiger partial charge in [0.15, 0.2) is 0 Å². The lowest BCUT2D eigenvalue weighted by molar-refractivity contribution is 0.255. The molecule has 6 nitrogen and oxygen atoms in total. The summed E-state index contributed by atoms with van der Waals surface area (Å²) in [5.74, 6) is 0. The van der Waals surface area contributed by atoms with Gasteiger partial charge in [0.1, 0.15) is 11.0 Å². The average molecular weight is 360 g/mol. The molecule has 2 aromatic heterocycles. The van der Waals surface area contributed by atoms with Crippen molar-refractivity contribution in [2.45, 2.75) is 12.8 Å². The Morgan fingerprint density at radius 3 is 2.74 bits per heavy atom. The van der Waals surface area contributed by atoms with E-state index in [4.69, 9.17) is 0 Å². The zero-order chi connectivity index (χ0) is 18.1. The Balaban J connectivity index is 1.16. The first-order valence-electron chi connectivity index (χ1n) is 9.70. The second-order valence-corrected chi connectivity index (χ2v) is 7.26. The summed E-state index contributed by atoms with van der Waals surface area (Å²) in [6.45, 7) is 5.43. The quantitative estimate of drug-likeness (QED) is 0.574. The molecule has 0 amide bonds. The minimum absolute atomic E-state index is 0.939. The summed E-state index contributed by atoms with van der Waals surface area (Å²) in [7, 11) is 0. The van der Waals surface area contributed by atoms with Crippen LogP contribution in [0.4, 0.5) is 5.69 Å². The lowest BCUT2D eigenvalue weighted by Crippen LogP contribution is -2.46. The summed E-state index contributed by atoms with van der Waals surface area (Å²) >= 11 is 0. The summed E-state index contributed by atoms with van der Waals surface area (Å²) in [5.41, 5.74) is 5.78. The van der Waals surface area contributed by atoms with Crippen LogP contribution in [0.3, 0.4) is 0 Å². The van der Waals surface area contributed by atoms with Crippen molar-refractivity contribution < 1.29 is 0 Å². The van der Waals surface area contributed by atoms with Gasteiger partial charge in [0.25, 0.3) is 0 Å². The number of hydrogen-bond donors (Lipinski definition) is 2. The Kier molecular flexibility index (Phi) is 4.26. The number of fused-ring (bicyclic) bond motifs is 2. The van der Waals surface area contributed by atoms with Gasteiger partial charge >= 0.3 is 0 Å². The zero-order valence-electron chi connectivity index (χ0n) is 15.4. The summed E-state index contributed by atoms with van der Waals surface area (Å²) in [6, 6.07) is 14.8. The Morgan fingerprint density at radius 1 is 0.926 bits per heavy atom. The molecule has 0 atom stereocenters. The Hall–Kier alpha value is -2.86. The molecule has 0 aliphatic carbocycles. The molecule has 0 spiro atoms. The van der Waals surface area contributed by atoms with E-state index in [-0.39, 0.29) is 0 Å². The third-order valence-corrected chi connectivity index (χ3v) is 5.63. The van der Waals surface area contributed by atoms with Crippen LogP contribution >= 0.6 is 0 Å². The fourth-order valence-electron chi connectivity index (χ4n) is 4.15. The number of hydrogen-bond acceptors (Lipinski definition) is 4. The molecular formula is C21H24N6. The van der Waals surface area contributed by atoms with E-state index in [0.717, 1.165) is 50.2 Å². The van der Waals surface area contributed by atoms with Crippen LogP contribution in [0.1, 0.15) is 12.0 Å². The molecule has 1 fully saturated rings. The third kappa shape index (κ3) is 3.17. The number of aromatic nitrogens is 4. The highest BCUT2D eigenvalue weighted by Crippen LogP contribution is 2.24. The number of para-hydroxylation sites is 2. The van der Waals surface area contributed by atoms with E-state index in [2.05, 4.69) is 72.8 Å². The van der Waals surface area contributed by atoms with Gasteiger partial charge < -0.3 is 9.88 Å². The maximum atomic E-state index is 4.32. The highest BCUT2D eigenvalue weighted by molar-refractivity contribution is 5.87. The molecule has 5 rings (SSSR count). The normalized spacial score (nSPS) is 15.8. The molecule has 1 saturated heterocycles. The smallest absolute Gasteiger partial charge is 0.136 e. The first-order chi connectivity index (χ1) is 13.4. The van der Waals surface area contributed by atoms with Crippen molar-refractivity contribution in [1.29, 1.82) is 0 Å². The van der Waals surface area contributed by atoms with Crippen molar-refractivity contribution in [1.82, 2.24) is 25.3 Å². The summed E-state index contributed by atoms with van der Waals surface area (Å²) in [5, 5.41) is 12.6. The second kappa shape index (κ2) is 7.04. The highest BCUT2D eigenvalue weighted by Gasteiger charge is 2.19. The number of anilines is 1. The van der Waals surface area contributed by atoms with Crippen LogP contribution in [0.5, 0.6) is 0 Å². The largest absolute Gasteiger partial charge is 0.367 e. The Labute approximate surface area is 158 Å². The van der Waals surface area contributed by atoms with Crippen LogP contribution in [0.25, 0.3) is 21.9 Å². The molecule has 6 heteroatoms. The van der Waals surface area contributed by atoms with Gasteiger partial charge in [-0.25, -0.2) is 0 Å². The maximum absolute atomic E-state index is 4.32. The molecule has 0 bridgehead atoms. The first-order valence-corrected chi connectivity index (χ1v) is 9.70.